The SMILES string of the molecule is COC(=O)c1sc(N2C(=O)C(O)=C(C(=O)c3cc4ccccc4o3)C2c2ccc(Cl)c(Cl)c2)nc1C. The number of rotatable bonds is 5. The first-order chi connectivity index (χ1) is 17.2. The first-order valence-corrected chi connectivity index (χ1v) is 12.1. The summed E-state index contributed by atoms with van der Waals surface area (Å²) < 4.78 is 10.5. The summed E-state index contributed by atoms with van der Waals surface area (Å²) in [5.74, 6) is -2.98. The molecular weight excluding hydrogens is 527 g/mol. The minimum absolute atomic E-state index is 0.0528. The number of carbonyl (C=O) groups excluding carboxylic acids is 3. The summed E-state index contributed by atoms with van der Waals surface area (Å²) in [6.45, 7) is 1.59. The highest BCUT2D eigenvalue weighted by Crippen LogP contribution is 2.45. The number of hydrogen-bond acceptors (Lipinski definition) is 8. The number of furan rings is 1. The molecule has 0 aliphatic carbocycles. The number of nitrogens with zero attached hydrogens (tertiary/aromatic N) is 2. The van der Waals surface area contributed by atoms with Crippen molar-refractivity contribution in [3.8, 4) is 0 Å². The number of anilines is 1. The lowest BCUT2D eigenvalue weighted by molar-refractivity contribution is -0.117. The molecule has 2 aromatic carbocycles. The highest BCUT2D eigenvalue weighted by atomic mass is 35.5. The largest absolute Gasteiger partial charge is 0.503 e. The molecule has 8 nitrogen and oxygen atoms in total. The lowest BCUT2D eigenvalue weighted by Crippen LogP contribution is -2.31. The predicted octanol–water partition coefficient (Wildman–Crippen LogP) is 6.07. The van der Waals surface area contributed by atoms with Crippen molar-refractivity contribution in [1.29, 1.82) is 0 Å². The lowest BCUT2D eigenvalue weighted by atomic mass is 9.95. The molecule has 0 saturated carbocycles. The summed E-state index contributed by atoms with van der Waals surface area (Å²) in [6.07, 6.45) is 0. The lowest BCUT2D eigenvalue weighted by Gasteiger charge is -2.24. The van der Waals surface area contributed by atoms with Gasteiger partial charge in [0.2, 0.25) is 5.78 Å². The smallest absolute Gasteiger partial charge is 0.350 e. The first-order valence-electron chi connectivity index (χ1n) is 10.5. The van der Waals surface area contributed by atoms with E-state index < -0.39 is 29.5 Å². The van der Waals surface area contributed by atoms with Crippen LogP contribution in [0.1, 0.15) is 37.5 Å². The zero-order chi connectivity index (χ0) is 25.7. The average molecular weight is 543 g/mol. The van der Waals surface area contributed by atoms with Gasteiger partial charge in [-0.1, -0.05) is 58.8 Å². The van der Waals surface area contributed by atoms with Crippen LogP contribution in [0.4, 0.5) is 5.13 Å². The van der Waals surface area contributed by atoms with Crippen LogP contribution >= 0.6 is 34.5 Å². The third-order valence-electron chi connectivity index (χ3n) is 5.72. The van der Waals surface area contributed by atoms with Crippen molar-refractivity contribution in [3.63, 3.8) is 0 Å². The summed E-state index contributed by atoms with van der Waals surface area (Å²) in [5, 5.41) is 12.2. The van der Waals surface area contributed by atoms with Crippen LogP contribution in [0.25, 0.3) is 11.0 Å². The number of ether oxygens (including phenoxy) is 1. The molecule has 0 radical (unpaired) electrons. The molecule has 0 bridgehead atoms. The molecule has 0 fully saturated rings. The maximum Gasteiger partial charge on any atom is 0.350 e. The summed E-state index contributed by atoms with van der Waals surface area (Å²) in [4.78, 5) is 44.9. The molecule has 1 N–H and O–H groups in total. The van der Waals surface area contributed by atoms with E-state index in [0.29, 0.717) is 22.2 Å². The molecule has 0 saturated heterocycles. The standard InChI is InChI=1S/C25H16Cl2N2O6S/c1-11-22(24(33)34-2)36-25(28-11)29-19(13-7-8-14(26)15(27)9-13)18(21(31)23(29)32)20(30)17-10-12-5-3-4-6-16(12)35-17/h3-10,19,31H,1-2H3. The zero-order valence-electron chi connectivity index (χ0n) is 18.7. The molecule has 11 heteroatoms. The van der Waals surface area contributed by atoms with Crippen molar-refractivity contribution in [2.45, 2.75) is 13.0 Å². The number of fused-ring (bicyclic) bond motifs is 1. The van der Waals surface area contributed by atoms with E-state index in [4.69, 9.17) is 32.4 Å². The first kappa shape index (κ1) is 24.1. The highest BCUT2D eigenvalue weighted by molar-refractivity contribution is 7.17. The topological polar surface area (TPSA) is 110 Å². The number of thiazole rings is 1. The van der Waals surface area contributed by atoms with Crippen LogP contribution in [0.15, 0.2) is 64.3 Å². The van der Waals surface area contributed by atoms with Crippen molar-refractivity contribution in [2.24, 2.45) is 0 Å². The number of carbonyl (C=O) groups is 3. The number of benzene rings is 2. The molecule has 5 rings (SSSR count). The Kier molecular flexibility index (Phi) is 6.07. The Hall–Kier alpha value is -3.66. The molecule has 1 unspecified atom stereocenters. The Labute approximate surface area is 218 Å². The van der Waals surface area contributed by atoms with Gasteiger partial charge in [0.15, 0.2) is 16.7 Å². The van der Waals surface area contributed by atoms with Gasteiger partial charge >= 0.3 is 5.97 Å². The van der Waals surface area contributed by atoms with E-state index in [1.54, 1.807) is 43.3 Å². The normalized spacial score (nSPS) is 15.7. The van der Waals surface area contributed by atoms with Crippen LogP contribution in [0.3, 0.4) is 0 Å². The van der Waals surface area contributed by atoms with Gasteiger partial charge < -0.3 is 14.3 Å². The molecule has 1 atom stereocenters. The number of aromatic nitrogens is 1. The van der Waals surface area contributed by atoms with Crippen LogP contribution < -0.4 is 4.90 Å². The number of aliphatic hydroxyl groups excluding tert-OH is 1. The Morgan fingerprint density at radius 1 is 1.14 bits per heavy atom. The van der Waals surface area contributed by atoms with Crippen molar-refractivity contribution in [2.75, 3.05) is 12.0 Å². The van der Waals surface area contributed by atoms with Gasteiger partial charge in [0.25, 0.3) is 5.91 Å². The Bertz CT molecular complexity index is 1570. The van der Waals surface area contributed by atoms with Gasteiger partial charge in [-0.05, 0) is 36.8 Å². The van der Waals surface area contributed by atoms with Gasteiger partial charge in [-0.2, -0.15) is 0 Å². The fourth-order valence-electron chi connectivity index (χ4n) is 4.03. The summed E-state index contributed by atoms with van der Waals surface area (Å²) >= 11 is 13.3. The quantitative estimate of drug-likeness (QED) is 0.240. The molecule has 4 aromatic rings. The van der Waals surface area contributed by atoms with Crippen LogP contribution in [-0.2, 0) is 9.53 Å². The molecule has 1 aliphatic rings. The number of aryl methyl sites for hydroxylation is 1. The number of esters is 1. The Morgan fingerprint density at radius 3 is 2.58 bits per heavy atom. The molecule has 2 aromatic heterocycles. The number of methoxy groups -OCH3 is 1. The maximum atomic E-state index is 13.7. The zero-order valence-corrected chi connectivity index (χ0v) is 21.1. The van der Waals surface area contributed by atoms with Crippen molar-refractivity contribution in [1.82, 2.24) is 4.98 Å². The van der Waals surface area contributed by atoms with Crippen molar-refractivity contribution in [3.05, 3.63) is 91.8 Å². The van der Waals surface area contributed by atoms with E-state index in [-0.39, 0.29) is 31.4 Å². The average Bonchev–Trinajstić information content (AvgIpc) is 3.54. The number of para-hydroxylation sites is 1. The van der Waals surface area contributed by atoms with Crippen molar-refractivity contribution >= 4 is 68.3 Å². The second-order valence-corrected chi connectivity index (χ2v) is 9.69. The second kappa shape index (κ2) is 9.09. The van der Waals surface area contributed by atoms with E-state index in [9.17, 15) is 19.5 Å². The van der Waals surface area contributed by atoms with Gasteiger partial charge in [-0.25, -0.2) is 9.78 Å². The number of amides is 1. The van der Waals surface area contributed by atoms with Gasteiger partial charge in [0.05, 0.1) is 34.5 Å². The molecule has 1 amide bonds. The number of hydrogen-bond donors (Lipinski definition) is 1. The van der Waals surface area contributed by atoms with Crippen LogP contribution in [0.2, 0.25) is 10.0 Å². The molecule has 182 valence electrons. The minimum Gasteiger partial charge on any atom is -0.503 e. The van der Waals surface area contributed by atoms with Crippen LogP contribution in [-0.4, -0.2) is 34.9 Å². The van der Waals surface area contributed by atoms with Crippen LogP contribution in [0.5, 0.6) is 0 Å². The van der Waals surface area contributed by atoms with E-state index in [2.05, 4.69) is 4.98 Å². The highest BCUT2D eigenvalue weighted by Gasteiger charge is 2.47. The molecule has 1 aliphatic heterocycles. The predicted molar refractivity (Wildman–Crippen MR) is 135 cm³/mol. The molecule has 0 spiro atoms. The molecule has 3 heterocycles. The van der Waals surface area contributed by atoms with Gasteiger partial charge in [-0.15, -0.1) is 0 Å². The van der Waals surface area contributed by atoms with E-state index in [1.807, 2.05) is 0 Å². The second-order valence-electron chi connectivity index (χ2n) is 7.89. The molecular formula is C25H16Cl2N2O6S. The number of ketones is 1. The van der Waals surface area contributed by atoms with E-state index in [1.165, 1.54) is 19.2 Å². The van der Waals surface area contributed by atoms with E-state index >= 15 is 0 Å². The third-order valence-corrected chi connectivity index (χ3v) is 7.60. The third kappa shape index (κ3) is 3.85. The van der Waals surface area contributed by atoms with Crippen LogP contribution in [0, 0.1) is 6.92 Å². The van der Waals surface area contributed by atoms with Gasteiger partial charge in [0, 0.05) is 5.39 Å². The maximum absolute atomic E-state index is 13.7. The van der Waals surface area contributed by atoms with Crippen molar-refractivity contribution < 1.29 is 28.6 Å². The number of aliphatic hydroxyl groups is 1. The summed E-state index contributed by atoms with van der Waals surface area (Å²) in [6, 6.07) is 12.1. The molecule has 36 heavy (non-hydrogen) atoms. The monoisotopic (exact) mass is 542 g/mol. The van der Waals surface area contributed by atoms with E-state index in [0.717, 1.165) is 16.2 Å². The van der Waals surface area contributed by atoms with Gasteiger partial charge in [-0.3, -0.25) is 14.5 Å². The number of halogens is 2. The Balaban J connectivity index is 1.67. The fourth-order valence-corrected chi connectivity index (χ4v) is 5.34. The minimum atomic E-state index is -1.12. The number of Topliss-reactive ketones (excluding diaryl/α,β-unsaturated/α-hetero) is 1. The summed E-state index contributed by atoms with van der Waals surface area (Å²) in [5.41, 5.74) is 0.990. The van der Waals surface area contributed by atoms with Gasteiger partial charge in [0.1, 0.15) is 10.5 Å². The summed E-state index contributed by atoms with van der Waals surface area (Å²) in [7, 11) is 1.23. The Morgan fingerprint density at radius 2 is 1.89 bits per heavy atom. The fraction of sp³-hybridized carbons (Fsp3) is 0.120.